The third kappa shape index (κ3) is 6.82. The number of aliphatic hydroxyl groups excluding tert-OH is 1. The summed E-state index contributed by atoms with van der Waals surface area (Å²) in [6, 6.07) is 0. The fraction of sp³-hybridized carbons (Fsp3) is 0.889. The molecule has 0 spiro atoms. The van der Waals surface area contributed by atoms with Gasteiger partial charge in [0, 0.05) is 26.1 Å². The number of hydrogen-bond acceptors (Lipinski definition) is 5. The van der Waals surface area contributed by atoms with E-state index in [4.69, 9.17) is 10.8 Å². The predicted octanol–water partition coefficient (Wildman–Crippen LogP) is -0.807. The molecule has 84 valence electrons. The minimum atomic E-state index is -0.193. The van der Waals surface area contributed by atoms with Gasteiger partial charge in [0.15, 0.2) is 0 Å². The summed E-state index contributed by atoms with van der Waals surface area (Å²) in [5.41, 5.74) is 5.40. The van der Waals surface area contributed by atoms with E-state index in [-0.39, 0.29) is 12.6 Å². The second-order valence-corrected chi connectivity index (χ2v) is 3.03. The molecule has 0 atom stereocenters. The van der Waals surface area contributed by atoms with Gasteiger partial charge in [-0.3, -0.25) is 9.69 Å². The molecule has 0 radical (unpaired) electrons. The molecule has 0 saturated carbocycles. The third-order valence-electron chi connectivity index (χ3n) is 1.94. The lowest BCUT2D eigenvalue weighted by Gasteiger charge is -2.19. The van der Waals surface area contributed by atoms with E-state index >= 15 is 0 Å². The summed E-state index contributed by atoms with van der Waals surface area (Å²) in [7, 11) is 1.38. The standard InChI is InChI=1S/C9H20N2O3/c1-14-9(13)3-2-5-11(6-4-10)7-8-12/h12H,2-8,10H2,1H3. The van der Waals surface area contributed by atoms with Crippen LogP contribution in [0.15, 0.2) is 0 Å². The number of carbonyl (C=O) groups excluding carboxylic acids is 1. The summed E-state index contributed by atoms with van der Waals surface area (Å²) < 4.78 is 4.52. The van der Waals surface area contributed by atoms with Crippen molar-refractivity contribution in [2.45, 2.75) is 12.8 Å². The van der Waals surface area contributed by atoms with Crippen molar-refractivity contribution >= 4 is 5.97 Å². The Kier molecular flexibility index (Phi) is 8.51. The van der Waals surface area contributed by atoms with Crippen LogP contribution >= 0.6 is 0 Å². The molecule has 0 aromatic carbocycles. The summed E-state index contributed by atoms with van der Waals surface area (Å²) >= 11 is 0. The van der Waals surface area contributed by atoms with E-state index in [1.165, 1.54) is 7.11 Å². The Morgan fingerprint density at radius 2 is 2.14 bits per heavy atom. The van der Waals surface area contributed by atoms with E-state index in [9.17, 15) is 4.79 Å². The Hall–Kier alpha value is -0.650. The highest BCUT2D eigenvalue weighted by Crippen LogP contribution is 1.96. The molecule has 0 aliphatic heterocycles. The Morgan fingerprint density at radius 1 is 1.43 bits per heavy atom. The number of rotatable bonds is 8. The summed E-state index contributed by atoms with van der Waals surface area (Å²) in [5, 5.41) is 8.74. The molecule has 0 fully saturated rings. The number of nitrogens with two attached hydrogens (primary N) is 1. The van der Waals surface area contributed by atoms with E-state index in [2.05, 4.69) is 4.74 Å². The number of esters is 1. The zero-order valence-electron chi connectivity index (χ0n) is 8.74. The molecule has 5 nitrogen and oxygen atoms in total. The zero-order valence-corrected chi connectivity index (χ0v) is 8.74. The summed E-state index contributed by atoms with van der Waals surface area (Å²) in [6.07, 6.45) is 1.16. The van der Waals surface area contributed by atoms with Crippen molar-refractivity contribution in [3.63, 3.8) is 0 Å². The topological polar surface area (TPSA) is 75.8 Å². The number of aliphatic hydroxyl groups is 1. The molecule has 0 bridgehead atoms. The molecule has 0 aliphatic rings. The van der Waals surface area contributed by atoms with Gasteiger partial charge in [-0.05, 0) is 13.0 Å². The number of hydrogen-bond donors (Lipinski definition) is 2. The Bertz CT molecular complexity index is 147. The first-order chi connectivity index (χ1) is 6.74. The van der Waals surface area contributed by atoms with Gasteiger partial charge < -0.3 is 15.6 Å². The van der Waals surface area contributed by atoms with Crippen LogP contribution in [-0.4, -0.2) is 55.9 Å². The van der Waals surface area contributed by atoms with Gasteiger partial charge in [0.2, 0.25) is 0 Å². The Morgan fingerprint density at radius 3 is 2.64 bits per heavy atom. The van der Waals surface area contributed by atoms with Gasteiger partial charge in [0.05, 0.1) is 13.7 Å². The maximum Gasteiger partial charge on any atom is 0.305 e. The smallest absolute Gasteiger partial charge is 0.305 e. The lowest BCUT2D eigenvalue weighted by atomic mass is 10.3. The van der Waals surface area contributed by atoms with E-state index < -0.39 is 0 Å². The molecule has 5 heteroatoms. The summed E-state index contributed by atoms with van der Waals surface area (Å²) in [6.45, 7) is 2.82. The molecular weight excluding hydrogens is 184 g/mol. The van der Waals surface area contributed by atoms with Crippen LogP contribution in [0.1, 0.15) is 12.8 Å². The quantitative estimate of drug-likeness (QED) is 0.506. The SMILES string of the molecule is COC(=O)CCCN(CCN)CCO. The van der Waals surface area contributed by atoms with Gasteiger partial charge in [-0.25, -0.2) is 0 Å². The summed E-state index contributed by atoms with van der Waals surface area (Å²) in [4.78, 5) is 12.8. The third-order valence-corrected chi connectivity index (χ3v) is 1.94. The molecule has 0 saturated heterocycles. The lowest BCUT2D eigenvalue weighted by molar-refractivity contribution is -0.140. The van der Waals surface area contributed by atoms with Crippen molar-refractivity contribution < 1.29 is 14.6 Å². The van der Waals surface area contributed by atoms with Crippen molar-refractivity contribution in [1.29, 1.82) is 0 Å². The molecule has 0 aromatic rings. The second-order valence-electron chi connectivity index (χ2n) is 3.03. The highest BCUT2D eigenvalue weighted by molar-refractivity contribution is 5.69. The fourth-order valence-corrected chi connectivity index (χ4v) is 1.21. The van der Waals surface area contributed by atoms with Crippen molar-refractivity contribution in [2.75, 3.05) is 39.9 Å². The first-order valence-electron chi connectivity index (χ1n) is 4.84. The van der Waals surface area contributed by atoms with Crippen molar-refractivity contribution in [1.82, 2.24) is 4.90 Å². The van der Waals surface area contributed by atoms with E-state index in [0.29, 0.717) is 19.5 Å². The normalized spacial score (nSPS) is 10.6. The van der Waals surface area contributed by atoms with Crippen LogP contribution in [0.2, 0.25) is 0 Å². The Labute approximate surface area is 84.8 Å². The van der Waals surface area contributed by atoms with E-state index in [1.807, 2.05) is 4.90 Å². The minimum Gasteiger partial charge on any atom is -0.469 e. The summed E-state index contributed by atoms with van der Waals surface area (Å²) in [5.74, 6) is -0.193. The lowest BCUT2D eigenvalue weighted by Crippen LogP contribution is -2.33. The largest absolute Gasteiger partial charge is 0.469 e. The van der Waals surface area contributed by atoms with Gasteiger partial charge >= 0.3 is 5.97 Å². The van der Waals surface area contributed by atoms with Crippen molar-refractivity contribution in [3.8, 4) is 0 Å². The monoisotopic (exact) mass is 204 g/mol. The Balaban J connectivity index is 3.54. The number of methoxy groups -OCH3 is 1. The molecule has 0 rings (SSSR count). The molecule has 0 heterocycles. The van der Waals surface area contributed by atoms with Crippen LogP contribution in [0.4, 0.5) is 0 Å². The highest BCUT2D eigenvalue weighted by atomic mass is 16.5. The fourth-order valence-electron chi connectivity index (χ4n) is 1.21. The molecule has 0 aromatic heterocycles. The van der Waals surface area contributed by atoms with Gasteiger partial charge in [0.25, 0.3) is 0 Å². The predicted molar refractivity (Wildman–Crippen MR) is 53.8 cm³/mol. The minimum absolute atomic E-state index is 0.123. The van der Waals surface area contributed by atoms with Gasteiger partial charge in [-0.1, -0.05) is 0 Å². The first-order valence-corrected chi connectivity index (χ1v) is 4.84. The van der Waals surface area contributed by atoms with E-state index in [0.717, 1.165) is 19.5 Å². The maximum absolute atomic E-state index is 10.8. The van der Waals surface area contributed by atoms with Crippen LogP contribution in [0, 0.1) is 0 Å². The average Bonchev–Trinajstić information content (AvgIpc) is 2.18. The van der Waals surface area contributed by atoms with Gasteiger partial charge in [0.1, 0.15) is 0 Å². The molecular formula is C9H20N2O3. The first kappa shape index (κ1) is 13.4. The van der Waals surface area contributed by atoms with Crippen LogP contribution in [0.3, 0.4) is 0 Å². The molecule has 3 N–H and O–H groups in total. The van der Waals surface area contributed by atoms with Gasteiger partial charge in [-0.2, -0.15) is 0 Å². The van der Waals surface area contributed by atoms with Gasteiger partial charge in [-0.15, -0.1) is 0 Å². The van der Waals surface area contributed by atoms with Crippen LogP contribution < -0.4 is 5.73 Å². The van der Waals surface area contributed by atoms with Crippen LogP contribution in [-0.2, 0) is 9.53 Å². The zero-order chi connectivity index (χ0) is 10.8. The molecule has 0 unspecified atom stereocenters. The molecule has 0 aliphatic carbocycles. The second kappa shape index (κ2) is 8.93. The number of ether oxygens (including phenoxy) is 1. The number of nitrogens with zero attached hydrogens (tertiary/aromatic N) is 1. The van der Waals surface area contributed by atoms with Crippen molar-refractivity contribution in [3.05, 3.63) is 0 Å². The molecule has 14 heavy (non-hydrogen) atoms. The van der Waals surface area contributed by atoms with Crippen LogP contribution in [0.5, 0.6) is 0 Å². The van der Waals surface area contributed by atoms with Crippen LogP contribution in [0.25, 0.3) is 0 Å². The average molecular weight is 204 g/mol. The van der Waals surface area contributed by atoms with Crippen molar-refractivity contribution in [2.24, 2.45) is 5.73 Å². The molecule has 0 amide bonds. The van der Waals surface area contributed by atoms with E-state index in [1.54, 1.807) is 0 Å². The maximum atomic E-state index is 10.8. The number of carbonyl (C=O) groups is 1. The highest BCUT2D eigenvalue weighted by Gasteiger charge is 2.05.